The molecule has 0 aliphatic carbocycles. The largest absolute Gasteiger partial charge is 0.492 e. The highest BCUT2D eigenvalue weighted by Gasteiger charge is 2.15. The molecule has 0 atom stereocenters. The van der Waals surface area contributed by atoms with Gasteiger partial charge in [-0.25, -0.2) is 0 Å². The number of carbonyl (C=O) groups excluding carboxylic acids is 1. The van der Waals surface area contributed by atoms with Gasteiger partial charge in [0.15, 0.2) is 0 Å². The van der Waals surface area contributed by atoms with Gasteiger partial charge in [-0.1, -0.05) is 18.2 Å². The van der Waals surface area contributed by atoms with Crippen molar-refractivity contribution < 1.29 is 14.3 Å². The summed E-state index contributed by atoms with van der Waals surface area (Å²) in [5.74, 6) is 0.826. The van der Waals surface area contributed by atoms with Crippen molar-refractivity contribution in [2.45, 2.75) is 19.9 Å². The summed E-state index contributed by atoms with van der Waals surface area (Å²) in [6.07, 6.45) is 0.440. The maximum Gasteiger partial charge on any atom is 0.307 e. The van der Waals surface area contributed by atoms with Crippen LogP contribution in [0, 0.1) is 0 Å². The fourth-order valence-electron chi connectivity index (χ4n) is 2.05. The first kappa shape index (κ1) is 12.9. The highest BCUT2D eigenvalue weighted by molar-refractivity contribution is 5.69. The van der Waals surface area contributed by atoms with Crippen LogP contribution in [0.2, 0.25) is 0 Å². The molecule has 18 heavy (non-hydrogen) atoms. The summed E-state index contributed by atoms with van der Waals surface area (Å²) in [6.45, 7) is 5.33. The molecule has 2 rings (SSSR count). The fraction of sp³-hybridized carbons (Fsp3) is 0.500. The van der Waals surface area contributed by atoms with Crippen molar-refractivity contribution in [1.82, 2.24) is 4.90 Å². The number of carbonyl (C=O) groups is 1. The summed E-state index contributed by atoms with van der Waals surface area (Å²) in [6, 6.07) is 8.05. The predicted molar refractivity (Wildman–Crippen MR) is 68.5 cm³/mol. The lowest BCUT2D eigenvalue weighted by atomic mass is 10.2. The number of nitrogens with zero attached hydrogens (tertiary/aromatic N) is 1. The molecule has 1 aliphatic rings. The summed E-state index contributed by atoms with van der Waals surface area (Å²) in [4.78, 5) is 13.6. The first-order chi connectivity index (χ1) is 8.79. The Morgan fingerprint density at radius 2 is 2.28 bits per heavy atom. The Labute approximate surface area is 107 Å². The van der Waals surface area contributed by atoms with E-state index in [4.69, 9.17) is 9.47 Å². The molecule has 0 bridgehead atoms. The Hall–Kier alpha value is -1.55. The summed E-state index contributed by atoms with van der Waals surface area (Å²) in [5, 5.41) is 0. The van der Waals surface area contributed by atoms with E-state index < -0.39 is 0 Å². The van der Waals surface area contributed by atoms with E-state index in [1.165, 1.54) is 5.56 Å². The summed E-state index contributed by atoms with van der Waals surface area (Å²) in [5.41, 5.74) is 1.18. The molecule has 0 radical (unpaired) electrons. The van der Waals surface area contributed by atoms with Crippen LogP contribution in [0.25, 0.3) is 0 Å². The van der Waals surface area contributed by atoms with E-state index in [9.17, 15) is 4.79 Å². The molecule has 98 valence electrons. The Kier molecular flexibility index (Phi) is 4.59. The number of esters is 1. The van der Waals surface area contributed by atoms with Gasteiger partial charge in [-0.3, -0.25) is 9.69 Å². The van der Waals surface area contributed by atoms with Gasteiger partial charge in [0.2, 0.25) is 0 Å². The second-order valence-corrected chi connectivity index (χ2v) is 4.29. The van der Waals surface area contributed by atoms with Crippen molar-refractivity contribution in [2.75, 3.05) is 26.3 Å². The molecule has 0 aromatic heterocycles. The second-order valence-electron chi connectivity index (χ2n) is 4.29. The van der Waals surface area contributed by atoms with E-state index in [2.05, 4.69) is 11.0 Å². The van der Waals surface area contributed by atoms with Gasteiger partial charge in [-0.15, -0.1) is 0 Å². The average molecular weight is 249 g/mol. The molecule has 0 unspecified atom stereocenters. The Morgan fingerprint density at radius 1 is 1.44 bits per heavy atom. The van der Waals surface area contributed by atoms with E-state index in [-0.39, 0.29) is 5.97 Å². The molecule has 0 saturated carbocycles. The van der Waals surface area contributed by atoms with Crippen molar-refractivity contribution in [3.63, 3.8) is 0 Å². The third-order valence-corrected chi connectivity index (χ3v) is 2.97. The maximum absolute atomic E-state index is 11.3. The average Bonchev–Trinajstić information content (AvgIpc) is 2.58. The third-order valence-electron chi connectivity index (χ3n) is 2.97. The molecule has 0 saturated heterocycles. The quantitative estimate of drug-likeness (QED) is 0.763. The van der Waals surface area contributed by atoms with E-state index in [1.807, 2.05) is 25.1 Å². The minimum absolute atomic E-state index is 0.129. The number of para-hydroxylation sites is 1. The molecule has 1 heterocycles. The van der Waals surface area contributed by atoms with Crippen LogP contribution in [0.5, 0.6) is 5.75 Å². The zero-order valence-corrected chi connectivity index (χ0v) is 10.7. The van der Waals surface area contributed by atoms with Crippen LogP contribution in [-0.4, -0.2) is 37.2 Å². The predicted octanol–water partition coefficient (Wildman–Crippen LogP) is 1.83. The van der Waals surface area contributed by atoms with E-state index >= 15 is 0 Å². The third kappa shape index (κ3) is 3.47. The van der Waals surface area contributed by atoms with E-state index in [0.717, 1.165) is 25.4 Å². The van der Waals surface area contributed by atoms with Crippen LogP contribution in [-0.2, 0) is 16.1 Å². The van der Waals surface area contributed by atoms with E-state index in [0.29, 0.717) is 19.6 Å². The van der Waals surface area contributed by atoms with Crippen LogP contribution in [0.1, 0.15) is 18.9 Å². The van der Waals surface area contributed by atoms with Crippen LogP contribution in [0.4, 0.5) is 0 Å². The number of ether oxygens (including phenoxy) is 2. The van der Waals surface area contributed by atoms with Gasteiger partial charge in [0, 0.05) is 25.2 Å². The van der Waals surface area contributed by atoms with Crippen molar-refractivity contribution in [1.29, 1.82) is 0 Å². The molecule has 0 amide bonds. The minimum atomic E-state index is -0.129. The maximum atomic E-state index is 11.3. The number of rotatable bonds is 4. The number of fused-ring (bicyclic) bond motifs is 1. The van der Waals surface area contributed by atoms with Crippen LogP contribution >= 0.6 is 0 Å². The van der Waals surface area contributed by atoms with Gasteiger partial charge >= 0.3 is 5.97 Å². The van der Waals surface area contributed by atoms with Gasteiger partial charge in [0.25, 0.3) is 0 Å². The van der Waals surface area contributed by atoms with Gasteiger partial charge in [0.1, 0.15) is 12.4 Å². The summed E-state index contributed by atoms with van der Waals surface area (Å²) >= 11 is 0. The lowest BCUT2D eigenvalue weighted by Crippen LogP contribution is -2.28. The first-order valence-corrected chi connectivity index (χ1v) is 6.38. The lowest BCUT2D eigenvalue weighted by molar-refractivity contribution is -0.143. The van der Waals surface area contributed by atoms with Crippen molar-refractivity contribution in [3.05, 3.63) is 29.8 Å². The molecule has 1 aliphatic heterocycles. The molecule has 0 fully saturated rings. The Bertz CT molecular complexity index is 406. The first-order valence-electron chi connectivity index (χ1n) is 6.38. The SMILES string of the molecule is CCOC(=O)CCN1CCOc2ccccc2C1. The van der Waals surface area contributed by atoms with Gasteiger partial charge in [-0.2, -0.15) is 0 Å². The van der Waals surface area contributed by atoms with Crippen molar-refractivity contribution >= 4 is 5.97 Å². The molecule has 0 N–H and O–H groups in total. The standard InChI is InChI=1S/C14H19NO3/c1-2-17-14(16)7-8-15-9-10-18-13-6-4-3-5-12(13)11-15/h3-6H,2,7-11H2,1H3. The van der Waals surface area contributed by atoms with Crippen LogP contribution < -0.4 is 4.74 Å². The molecule has 0 spiro atoms. The van der Waals surface area contributed by atoms with Crippen LogP contribution in [0.15, 0.2) is 24.3 Å². The fourth-order valence-corrected chi connectivity index (χ4v) is 2.05. The molecule has 1 aromatic carbocycles. The van der Waals surface area contributed by atoms with Gasteiger partial charge in [-0.05, 0) is 13.0 Å². The van der Waals surface area contributed by atoms with Gasteiger partial charge < -0.3 is 9.47 Å². The van der Waals surface area contributed by atoms with Crippen molar-refractivity contribution in [2.24, 2.45) is 0 Å². The molecular formula is C14H19NO3. The molecule has 4 nitrogen and oxygen atoms in total. The normalized spacial score (nSPS) is 15.4. The zero-order valence-electron chi connectivity index (χ0n) is 10.7. The van der Waals surface area contributed by atoms with Crippen molar-refractivity contribution in [3.8, 4) is 5.75 Å². The molecule has 4 heteroatoms. The zero-order chi connectivity index (χ0) is 12.8. The van der Waals surface area contributed by atoms with Crippen LogP contribution in [0.3, 0.4) is 0 Å². The summed E-state index contributed by atoms with van der Waals surface area (Å²) < 4.78 is 10.6. The lowest BCUT2D eigenvalue weighted by Gasteiger charge is -2.18. The molecule has 1 aromatic rings. The molecular weight excluding hydrogens is 230 g/mol. The highest BCUT2D eigenvalue weighted by Crippen LogP contribution is 2.22. The Morgan fingerprint density at radius 3 is 3.11 bits per heavy atom. The number of benzene rings is 1. The second kappa shape index (κ2) is 6.40. The smallest absolute Gasteiger partial charge is 0.307 e. The topological polar surface area (TPSA) is 38.8 Å². The monoisotopic (exact) mass is 249 g/mol. The van der Waals surface area contributed by atoms with Gasteiger partial charge in [0.05, 0.1) is 13.0 Å². The number of hydrogen-bond donors (Lipinski definition) is 0. The van der Waals surface area contributed by atoms with E-state index in [1.54, 1.807) is 0 Å². The number of hydrogen-bond acceptors (Lipinski definition) is 4. The summed E-state index contributed by atoms with van der Waals surface area (Å²) in [7, 11) is 0. The minimum Gasteiger partial charge on any atom is -0.492 e. The highest BCUT2D eigenvalue weighted by atomic mass is 16.5. The Balaban J connectivity index is 1.90.